The number of aryl methyl sites for hydroxylation is 1. The van der Waals surface area contributed by atoms with Gasteiger partial charge in [0.15, 0.2) is 12.4 Å². The highest BCUT2D eigenvalue weighted by Gasteiger charge is 2.10. The summed E-state index contributed by atoms with van der Waals surface area (Å²) in [7, 11) is 1.91. The number of esters is 1. The van der Waals surface area contributed by atoms with E-state index in [1.165, 1.54) is 5.56 Å². The van der Waals surface area contributed by atoms with Crippen molar-refractivity contribution in [3.63, 3.8) is 0 Å². The van der Waals surface area contributed by atoms with Crippen LogP contribution in [0.5, 0.6) is 0 Å². The average molecular weight is 309 g/mol. The van der Waals surface area contributed by atoms with E-state index < -0.39 is 0 Å². The molecule has 0 aliphatic heterocycles. The van der Waals surface area contributed by atoms with Gasteiger partial charge < -0.3 is 9.72 Å². The van der Waals surface area contributed by atoms with E-state index in [1.54, 1.807) is 12.1 Å². The van der Waals surface area contributed by atoms with E-state index >= 15 is 0 Å². The van der Waals surface area contributed by atoms with Gasteiger partial charge in [-0.05, 0) is 29.7 Å². The number of hydrogen-bond acceptors (Lipinski definition) is 2. The molecular weight excluding hydrogens is 288 g/mol. The zero-order valence-electron chi connectivity index (χ0n) is 13.7. The van der Waals surface area contributed by atoms with Crippen LogP contribution in [0.25, 0.3) is 10.9 Å². The third-order valence-corrected chi connectivity index (χ3v) is 3.94. The number of rotatable bonds is 4. The van der Waals surface area contributed by atoms with Gasteiger partial charge in [-0.25, -0.2) is 9.36 Å². The molecule has 2 aromatic heterocycles. The highest BCUT2D eigenvalue weighted by Crippen LogP contribution is 2.22. The summed E-state index contributed by atoms with van der Waals surface area (Å²) in [6.45, 7) is 4.60. The van der Waals surface area contributed by atoms with Gasteiger partial charge in [0.2, 0.25) is 0 Å². The number of ether oxygens (including phenoxy) is 1. The highest BCUT2D eigenvalue weighted by atomic mass is 16.5. The molecule has 0 saturated carbocycles. The molecule has 1 aromatic carbocycles. The summed E-state index contributed by atoms with van der Waals surface area (Å²) in [4.78, 5) is 15.3. The maximum absolute atomic E-state index is 12.0. The minimum atomic E-state index is -0.313. The Morgan fingerprint density at radius 3 is 2.61 bits per heavy atom. The van der Waals surface area contributed by atoms with Crippen molar-refractivity contribution in [3.8, 4) is 0 Å². The second-order valence-corrected chi connectivity index (χ2v) is 6.12. The van der Waals surface area contributed by atoms with Gasteiger partial charge in [0.25, 0.3) is 0 Å². The zero-order valence-corrected chi connectivity index (χ0v) is 13.7. The fourth-order valence-electron chi connectivity index (χ4n) is 2.51. The SMILES string of the molecule is CC(C)c1ccc2[nH]c(COC(=O)c3cc[n+](C)cc3)cc2c1. The van der Waals surface area contributed by atoms with Crippen LogP contribution in [0.3, 0.4) is 0 Å². The Bertz CT molecular complexity index is 832. The number of aromatic amines is 1. The van der Waals surface area contributed by atoms with Gasteiger partial charge in [-0.3, -0.25) is 0 Å². The van der Waals surface area contributed by atoms with Crippen LogP contribution in [0.2, 0.25) is 0 Å². The molecule has 118 valence electrons. The molecule has 0 aliphatic carbocycles. The molecule has 4 heteroatoms. The monoisotopic (exact) mass is 309 g/mol. The average Bonchev–Trinajstić information content (AvgIpc) is 2.95. The molecule has 4 nitrogen and oxygen atoms in total. The van der Waals surface area contributed by atoms with E-state index in [-0.39, 0.29) is 12.6 Å². The van der Waals surface area contributed by atoms with Crippen molar-refractivity contribution in [2.75, 3.05) is 0 Å². The first-order valence-electron chi connectivity index (χ1n) is 7.77. The Kier molecular flexibility index (Phi) is 4.15. The molecule has 0 amide bonds. The number of aromatic nitrogens is 2. The molecule has 0 radical (unpaired) electrons. The third kappa shape index (κ3) is 3.42. The Hall–Kier alpha value is -2.62. The van der Waals surface area contributed by atoms with Gasteiger partial charge in [-0.1, -0.05) is 19.9 Å². The third-order valence-electron chi connectivity index (χ3n) is 3.94. The minimum absolute atomic E-state index is 0.242. The van der Waals surface area contributed by atoms with E-state index in [9.17, 15) is 4.79 Å². The van der Waals surface area contributed by atoms with Gasteiger partial charge in [-0.15, -0.1) is 0 Å². The Labute approximate surface area is 135 Å². The number of nitrogens with zero attached hydrogens (tertiary/aromatic N) is 1. The zero-order chi connectivity index (χ0) is 16.4. The molecule has 0 bridgehead atoms. The van der Waals surface area contributed by atoms with Gasteiger partial charge in [0, 0.05) is 23.0 Å². The van der Waals surface area contributed by atoms with Gasteiger partial charge >= 0.3 is 5.97 Å². The van der Waals surface area contributed by atoms with Gasteiger partial charge in [-0.2, -0.15) is 0 Å². The van der Waals surface area contributed by atoms with E-state index in [4.69, 9.17) is 4.74 Å². The molecule has 3 aromatic rings. The molecule has 0 aliphatic rings. The van der Waals surface area contributed by atoms with Crippen LogP contribution in [-0.2, 0) is 18.4 Å². The van der Waals surface area contributed by atoms with E-state index in [2.05, 4.69) is 37.0 Å². The van der Waals surface area contributed by atoms with Gasteiger partial charge in [0.1, 0.15) is 13.7 Å². The number of carbonyl (C=O) groups excluding carboxylic acids is 1. The lowest BCUT2D eigenvalue weighted by Gasteiger charge is -2.03. The molecule has 3 rings (SSSR count). The number of nitrogens with one attached hydrogen (secondary N) is 1. The highest BCUT2D eigenvalue weighted by molar-refractivity contribution is 5.89. The molecule has 1 N–H and O–H groups in total. The van der Waals surface area contributed by atoms with Crippen LogP contribution >= 0.6 is 0 Å². The predicted octanol–water partition coefficient (Wildman–Crippen LogP) is 3.47. The van der Waals surface area contributed by atoms with Crippen molar-refractivity contribution in [2.24, 2.45) is 7.05 Å². The summed E-state index contributed by atoms with van der Waals surface area (Å²) < 4.78 is 7.26. The van der Waals surface area contributed by atoms with Crippen LogP contribution < -0.4 is 4.57 Å². The maximum atomic E-state index is 12.0. The van der Waals surface area contributed by atoms with Crippen LogP contribution in [0.15, 0.2) is 48.8 Å². The van der Waals surface area contributed by atoms with Crippen molar-refractivity contribution >= 4 is 16.9 Å². The molecule has 0 unspecified atom stereocenters. The lowest BCUT2D eigenvalue weighted by molar-refractivity contribution is -0.671. The smallest absolute Gasteiger partial charge is 0.338 e. The number of pyridine rings is 1. The lowest BCUT2D eigenvalue weighted by Crippen LogP contribution is -2.26. The Morgan fingerprint density at radius 2 is 1.91 bits per heavy atom. The second kappa shape index (κ2) is 6.24. The largest absolute Gasteiger partial charge is 0.456 e. The quantitative estimate of drug-likeness (QED) is 0.592. The number of benzene rings is 1. The van der Waals surface area contributed by atoms with Crippen molar-refractivity contribution < 1.29 is 14.1 Å². The molecule has 2 heterocycles. The summed E-state index contributed by atoms with van der Waals surface area (Å²) in [6.07, 6.45) is 3.65. The number of carbonyl (C=O) groups is 1. The summed E-state index contributed by atoms with van der Waals surface area (Å²) in [5, 5.41) is 1.15. The lowest BCUT2D eigenvalue weighted by atomic mass is 10.0. The van der Waals surface area contributed by atoms with Crippen molar-refractivity contribution in [1.82, 2.24) is 4.98 Å². The summed E-state index contributed by atoms with van der Waals surface area (Å²) in [5.74, 6) is 0.183. The minimum Gasteiger partial charge on any atom is -0.456 e. The molecule has 0 saturated heterocycles. The summed E-state index contributed by atoms with van der Waals surface area (Å²) >= 11 is 0. The summed E-state index contributed by atoms with van der Waals surface area (Å²) in [6, 6.07) is 11.9. The normalized spacial score (nSPS) is 11.1. The topological polar surface area (TPSA) is 46.0 Å². The first kappa shape index (κ1) is 15.3. The Morgan fingerprint density at radius 1 is 1.17 bits per heavy atom. The number of fused-ring (bicyclic) bond motifs is 1. The van der Waals surface area contributed by atoms with Crippen molar-refractivity contribution in [2.45, 2.75) is 26.4 Å². The standard InChI is InChI=1S/C19H20N2O2/c1-13(2)15-4-5-18-16(10-15)11-17(20-18)12-23-19(22)14-6-8-21(3)9-7-14/h4-11,13H,12H2,1-3H3/p+1. The van der Waals surface area contributed by atoms with Crippen LogP contribution in [0, 0.1) is 0 Å². The fourth-order valence-corrected chi connectivity index (χ4v) is 2.51. The van der Waals surface area contributed by atoms with Crippen molar-refractivity contribution in [1.29, 1.82) is 0 Å². The molecule has 23 heavy (non-hydrogen) atoms. The van der Waals surface area contributed by atoms with Crippen molar-refractivity contribution in [3.05, 3.63) is 65.6 Å². The summed E-state index contributed by atoms with van der Waals surface area (Å²) in [5.41, 5.74) is 3.82. The Balaban J connectivity index is 1.71. The molecule has 0 fully saturated rings. The first-order chi connectivity index (χ1) is 11.0. The van der Waals surface area contributed by atoms with Crippen LogP contribution in [-0.4, -0.2) is 11.0 Å². The van der Waals surface area contributed by atoms with Crippen LogP contribution in [0.1, 0.15) is 41.4 Å². The second-order valence-electron chi connectivity index (χ2n) is 6.12. The predicted molar refractivity (Wildman–Crippen MR) is 89.1 cm³/mol. The van der Waals surface area contributed by atoms with E-state index in [0.717, 1.165) is 16.6 Å². The molecule has 0 atom stereocenters. The number of H-pyrrole nitrogens is 1. The van der Waals surface area contributed by atoms with Gasteiger partial charge in [0.05, 0.1) is 11.3 Å². The number of hydrogen-bond donors (Lipinski definition) is 1. The molecular formula is C19H21N2O2+. The van der Waals surface area contributed by atoms with E-state index in [1.807, 2.05) is 30.1 Å². The maximum Gasteiger partial charge on any atom is 0.338 e. The first-order valence-corrected chi connectivity index (χ1v) is 7.77. The van der Waals surface area contributed by atoms with E-state index in [0.29, 0.717) is 11.5 Å². The molecule has 0 spiro atoms. The fraction of sp³-hybridized carbons (Fsp3) is 0.263. The van der Waals surface area contributed by atoms with Crippen LogP contribution in [0.4, 0.5) is 0 Å².